The van der Waals surface area contributed by atoms with Gasteiger partial charge in [-0.15, -0.1) is 11.8 Å². The van der Waals surface area contributed by atoms with Crippen molar-refractivity contribution in [1.29, 1.82) is 0 Å². The third kappa shape index (κ3) is 4.86. The van der Waals surface area contributed by atoms with Crippen LogP contribution in [0.3, 0.4) is 0 Å². The lowest BCUT2D eigenvalue weighted by molar-refractivity contribution is -0.134. The van der Waals surface area contributed by atoms with Gasteiger partial charge in [-0.2, -0.15) is 0 Å². The highest BCUT2D eigenvalue weighted by atomic mass is 32.2. The van der Waals surface area contributed by atoms with E-state index in [0.29, 0.717) is 26.3 Å². The first-order chi connectivity index (χ1) is 12.6. The Morgan fingerprint density at radius 1 is 1.04 bits per heavy atom. The molecule has 0 saturated carbocycles. The Hall–Kier alpha value is -2.31. The first-order valence-electron chi connectivity index (χ1n) is 8.59. The van der Waals surface area contributed by atoms with Crippen LogP contribution in [0.2, 0.25) is 0 Å². The largest absolute Gasteiger partial charge is 0.378 e. The van der Waals surface area contributed by atoms with Crippen LogP contribution < -0.4 is 5.32 Å². The van der Waals surface area contributed by atoms with Crippen LogP contribution >= 0.6 is 11.8 Å². The maximum Gasteiger partial charge on any atom is 0.240 e. The van der Waals surface area contributed by atoms with E-state index in [2.05, 4.69) is 5.32 Å². The highest BCUT2D eigenvalue weighted by Crippen LogP contribution is 2.37. The third-order valence-corrected chi connectivity index (χ3v) is 5.33. The fourth-order valence-electron chi connectivity index (χ4n) is 2.79. The van der Waals surface area contributed by atoms with Crippen LogP contribution in [-0.2, 0) is 14.3 Å². The van der Waals surface area contributed by atoms with Gasteiger partial charge in [-0.1, -0.05) is 30.3 Å². The van der Waals surface area contributed by atoms with Crippen LogP contribution in [0, 0.1) is 0 Å². The van der Waals surface area contributed by atoms with Gasteiger partial charge in [0.2, 0.25) is 11.8 Å². The second-order valence-electron chi connectivity index (χ2n) is 6.05. The molecule has 0 spiro atoms. The minimum absolute atomic E-state index is 0.102. The van der Waals surface area contributed by atoms with Gasteiger partial charge in [0.1, 0.15) is 5.25 Å². The number of benzene rings is 2. The van der Waals surface area contributed by atoms with Crippen LogP contribution in [0.15, 0.2) is 59.5 Å². The molecular weight excluding hydrogens is 348 g/mol. The van der Waals surface area contributed by atoms with Crippen LogP contribution in [0.25, 0.3) is 0 Å². The molecule has 26 heavy (non-hydrogen) atoms. The van der Waals surface area contributed by atoms with Crippen molar-refractivity contribution >= 4 is 29.3 Å². The fourth-order valence-corrected chi connectivity index (χ4v) is 3.90. The van der Waals surface area contributed by atoms with E-state index in [0.717, 1.165) is 16.1 Å². The van der Waals surface area contributed by atoms with Crippen molar-refractivity contribution < 1.29 is 14.3 Å². The summed E-state index contributed by atoms with van der Waals surface area (Å²) in [6, 6.07) is 17.4. The molecular formula is C20H22N2O3S. The summed E-state index contributed by atoms with van der Waals surface area (Å²) < 4.78 is 5.36. The van der Waals surface area contributed by atoms with Crippen LogP contribution in [0.1, 0.15) is 17.7 Å². The summed E-state index contributed by atoms with van der Waals surface area (Å²) in [6.45, 7) is 3.91. The molecule has 1 saturated heterocycles. The van der Waals surface area contributed by atoms with Gasteiger partial charge >= 0.3 is 0 Å². The lowest BCUT2D eigenvalue weighted by Crippen LogP contribution is -2.42. The normalized spacial score (nSPS) is 15.3. The van der Waals surface area contributed by atoms with Gasteiger partial charge < -0.3 is 15.0 Å². The Kier molecular flexibility index (Phi) is 6.30. The van der Waals surface area contributed by atoms with Gasteiger partial charge in [0.15, 0.2) is 0 Å². The monoisotopic (exact) mass is 370 g/mol. The summed E-state index contributed by atoms with van der Waals surface area (Å²) in [5, 5.41) is 2.45. The first-order valence-corrected chi connectivity index (χ1v) is 9.47. The van der Waals surface area contributed by atoms with Gasteiger partial charge in [0, 0.05) is 30.6 Å². The zero-order valence-electron chi connectivity index (χ0n) is 14.7. The molecule has 0 aliphatic carbocycles. The fraction of sp³-hybridized carbons (Fsp3) is 0.300. The SMILES string of the molecule is CC(=O)Nc1ccc(SC(C(=O)N2CCOCC2)c2ccccc2)cc1. The molecule has 6 heteroatoms. The Morgan fingerprint density at radius 3 is 2.31 bits per heavy atom. The minimum atomic E-state index is -0.305. The molecule has 3 rings (SSSR count). The van der Waals surface area contributed by atoms with Gasteiger partial charge in [-0.25, -0.2) is 0 Å². The number of ether oxygens (including phenoxy) is 1. The van der Waals surface area contributed by atoms with E-state index in [9.17, 15) is 9.59 Å². The summed E-state index contributed by atoms with van der Waals surface area (Å²) in [5.41, 5.74) is 1.73. The van der Waals surface area contributed by atoms with E-state index in [1.807, 2.05) is 59.5 Å². The summed E-state index contributed by atoms with van der Waals surface area (Å²) in [7, 11) is 0. The average molecular weight is 370 g/mol. The Bertz CT molecular complexity index is 743. The van der Waals surface area contributed by atoms with Crippen molar-refractivity contribution in [2.75, 3.05) is 31.6 Å². The van der Waals surface area contributed by atoms with Crippen molar-refractivity contribution in [2.24, 2.45) is 0 Å². The highest BCUT2D eigenvalue weighted by Gasteiger charge is 2.28. The predicted octanol–water partition coefficient (Wildman–Crippen LogP) is 3.34. The standard InChI is InChI=1S/C20H22N2O3S/c1-15(23)21-17-7-9-18(10-8-17)26-19(16-5-3-2-4-6-16)20(24)22-11-13-25-14-12-22/h2-10,19H,11-14H2,1H3,(H,21,23). The number of carbonyl (C=O) groups excluding carboxylic acids is 2. The summed E-state index contributed by atoms with van der Waals surface area (Å²) >= 11 is 1.53. The van der Waals surface area contributed by atoms with Crippen LogP contribution in [0.4, 0.5) is 5.69 Å². The Balaban J connectivity index is 1.79. The topological polar surface area (TPSA) is 58.6 Å². The van der Waals surface area contributed by atoms with Crippen molar-refractivity contribution in [3.63, 3.8) is 0 Å². The predicted molar refractivity (Wildman–Crippen MR) is 103 cm³/mol. The van der Waals surface area contributed by atoms with Crippen LogP contribution in [0.5, 0.6) is 0 Å². The smallest absolute Gasteiger partial charge is 0.240 e. The highest BCUT2D eigenvalue weighted by molar-refractivity contribution is 8.00. The van der Waals surface area contributed by atoms with Gasteiger partial charge in [0.25, 0.3) is 0 Å². The zero-order chi connectivity index (χ0) is 18.4. The molecule has 1 fully saturated rings. The molecule has 1 aliphatic heterocycles. The van der Waals surface area contributed by atoms with E-state index >= 15 is 0 Å². The molecule has 1 N–H and O–H groups in total. The number of anilines is 1. The number of nitrogens with zero attached hydrogens (tertiary/aromatic N) is 1. The average Bonchev–Trinajstić information content (AvgIpc) is 2.68. The number of morpholine rings is 1. The van der Waals surface area contributed by atoms with E-state index in [4.69, 9.17) is 4.74 Å². The molecule has 2 aromatic carbocycles. The van der Waals surface area contributed by atoms with E-state index in [1.165, 1.54) is 18.7 Å². The Morgan fingerprint density at radius 2 is 1.69 bits per heavy atom. The quantitative estimate of drug-likeness (QED) is 0.820. The van der Waals surface area contributed by atoms with E-state index < -0.39 is 0 Å². The van der Waals surface area contributed by atoms with Crippen molar-refractivity contribution in [3.8, 4) is 0 Å². The number of hydrogen-bond donors (Lipinski definition) is 1. The molecule has 2 aromatic rings. The first kappa shape index (κ1) is 18.5. The third-order valence-electron chi connectivity index (χ3n) is 4.08. The molecule has 0 bridgehead atoms. The second-order valence-corrected chi connectivity index (χ2v) is 7.23. The molecule has 1 atom stereocenters. The maximum absolute atomic E-state index is 13.1. The molecule has 0 radical (unpaired) electrons. The number of carbonyl (C=O) groups is 2. The van der Waals surface area contributed by atoms with Crippen molar-refractivity contribution in [3.05, 3.63) is 60.2 Å². The second kappa shape index (κ2) is 8.87. The van der Waals surface area contributed by atoms with Crippen molar-refractivity contribution in [1.82, 2.24) is 4.90 Å². The van der Waals surface area contributed by atoms with E-state index in [1.54, 1.807) is 0 Å². The number of hydrogen-bond acceptors (Lipinski definition) is 4. The van der Waals surface area contributed by atoms with Crippen LogP contribution in [-0.4, -0.2) is 43.0 Å². The maximum atomic E-state index is 13.1. The summed E-state index contributed by atoms with van der Waals surface area (Å²) in [6.07, 6.45) is 0. The van der Waals surface area contributed by atoms with E-state index in [-0.39, 0.29) is 17.1 Å². The lowest BCUT2D eigenvalue weighted by atomic mass is 10.1. The number of amides is 2. The number of rotatable bonds is 5. The number of nitrogens with one attached hydrogen (secondary N) is 1. The molecule has 1 aliphatic rings. The van der Waals surface area contributed by atoms with Gasteiger partial charge in [-0.05, 0) is 29.8 Å². The van der Waals surface area contributed by atoms with Crippen molar-refractivity contribution in [2.45, 2.75) is 17.1 Å². The summed E-state index contributed by atoms with van der Waals surface area (Å²) in [5.74, 6) is 0.00509. The molecule has 136 valence electrons. The molecule has 0 aromatic heterocycles. The van der Waals surface area contributed by atoms with Gasteiger partial charge in [-0.3, -0.25) is 9.59 Å². The molecule has 1 unspecified atom stereocenters. The molecule has 2 amide bonds. The summed E-state index contributed by atoms with van der Waals surface area (Å²) in [4.78, 5) is 27.1. The number of thioether (sulfide) groups is 1. The Labute approximate surface area is 157 Å². The zero-order valence-corrected chi connectivity index (χ0v) is 15.5. The van der Waals surface area contributed by atoms with Gasteiger partial charge in [0.05, 0.1) is 13.2 Å². The minimum Gasteiger partial charge on any atom is -0.378 e. The lowest BCUT2D eigenvalue weighted by Gasteiger charge is -2.30. The molecule has 5 nitrogen and oxygen atoms in total. The molecule has 1 heterocycles.